The normalized spacial score (nSPS) is 12.5. The molecule has 0 aliphatic rings. The predicted octanol–water partition coefficient (Wildman–Crippen LogP) is 5.41. The standard InChI is InChI=1S/C17H18BrFO/c1-11(2)20-15-7-4-13(5-8-15)17(18)14-6-9-16(19)12(3)10-14/h4-11,17H,1-3H3. The van der Waals surface area contributed by atoms with Gasteiger partial charge in [0.2, 0.25) is 0 Å². The van der Waals surface area contributed by atoms with Crippen molar-refractivity contribution in [3.63, 3.8) is 0 Å². The van der Waals surface area contributed by atoms with E-state index in [0.717, 1.165) is 16.9 Å². The van der Waals surface area contributed by atoms with Gasteiger partial charge in [-0.3, -0.25) is 0 Å². The van der Waals surface area contributed by atoms with Crippen LogP contribution >= 0.6 is 15.9 Å². The summed E-state index contributed by atoms with van der Waals surface area (Å²) in [5.74, 6) is 0.688. The fourth-order valence-electron chi connectivity index (χ4n) is 2.01. The third-order valence-electron chi connectivity index (χ3n) is 3.02. The van der Waals surface area contributed by atoms with Gasteiger partial charge in [0.15, 0.2) is 0 Å². The summed E-state index contributed by atoms with van der Waals surface area (Å²) in [5, 5.41) is 0. The lowest BCUT2D eigenvalue weighted by Gasteiger charge is -2.14. The van der Waals surface area contributed by atoms with Gasteiger partial charge < -0.3 is 4.74 Å². The van der Waals surface area contributed by atoms with E-state index >= 15 is 0 Å². The zero-order valence-electron chi connectivity index (χ0n) is 11.9. The fraction of sp³-hybridized carbons (Fsp3) is 0.294. The Bertz CT molecular complexity index is 578. The minimum atomic E-state index is -0.172. The van der Waals surface area contributed by atoms with E-state index in [0.29, 0.717) is 5.56 Å². The number of alkyl halides is 1. The summed E-state index contributed by atoms with van der Waals surface area (Å²) >= 11 is 3.66. The molecule has 0 radical (unpaired) electrons. The zero-order chi connectivity index (χ0) is 14.7. The maximum atomic E-state index is 13.3. The lowest BCUT2D eigenvalue weighted by molar-refractivity contribution is 0.242. The molecule has 0 aromatic heterocycles. The van der Waals surface area contributed by atoms with Crippen LogP contribution in [0.4, 0.5) is 4.39 Å². The first-order chi connectivity index (χ1) is 9.47. The van der Waals surface area contributed by atoms with Gasteiger partial charge in [-0.15, -0.1) is 0 Å². The number of ether oxygens (including phenoxy) is 1. The first-order valence-corrected chi connectivity index (χ1v) is 7.55. The van der Waals surface area contributed by atoms with Gasteiger partial charge in [0.25, 0.3) is 0 Å². The van der Waals surface area contributed by atoms with Crippen LogP contribution in [0, 0.1) is 12.7 Å². The summed E-state index contributed by atoms with van der Waals surface area (Å²) in [5.41, 5.74) is 2.82. The van der Waals surface area contributed by atoms with Crippen molar-refractivity contribution in [3.05, 3.63) is 65.0 Å². The van der Waals surface area contributed by atoms with E-state index in [1.807, 2.05) is 44.2 Å². The minimum Gasteiger partial charge on any atom is -0.491 e. The molecule has 0 fully saturated rings. The second-order valence-electron chi connectivity index (χ2n) is 5.11. The monoisotopic (exact) mass is 336 g/mol. The van der Waals surface area contributed by atoms with E-state index in [4.69, 9.17) is 4.74 Å². The van der Waals surface area contributed by atoms with Crippen LogP contribution in [0.5, 0.6) is 5.75 Å². The van der Waals surface area contributed by atoms with E-state index in [1.54, 1.807) is 13.0 Å². The Morgan fingerprint density at radius 1 is 1.00 bits per heavy atom. The van der Waals surface area contributed by atoms with Gasteiger partial charge in [-0.2, -0.15) is 0 Å². The van der Waals surface area contributed by atoms with Crippen LogP contribution in [0.1, 0.15) is 35.4 Å². The topological polar surface area (TPSA) is 9.23 Å². The van der Waals surface area contributed by atoms with Crippen molar-refractivity contribution < 1.29 is 9.13 Å². The number of aryl methyl sites for hydroxylation is 1. The molecule has 0 saturated carbocycles. The molecule has 3 heteroatoms. The Morgan fingerprint density at radius 3 is 2.15 bits per heavy atom. The molecule has 0 saturated heterocycles. The molecule has 2 aromatic carbocycles. The van der Waals surface area contributed by atoms with Crippen molar-refractivity contribution in [2.75, 3.05) is 0 Å². The summed E-state index contributed by atoms with van der Waals surface area (Å²) < 4.78 is 18.9. The summed E-state index contributed by atoms with van der Waals surface area (Å²) in [6.07, 6.45) is 0.167. The maximum Gasteiger partial charge on any atom is 0.126 e. The molecule has 0 heterocycles. The molecular formula is C17H18BrFO. The van der Waals surface area contributed by atoms with E-state index in [-0.39, 0.29) is 16.7 Å². The third-order valence-corrected chi connectivity index (χ3v) is 4.08. The molecule has 0 amide bonds. The van der Waals surface area contributed by atoms with Crippen LogP contribution in [0.15, 0.2) is 42.5 Å². The van der Waals surface area contributed by atoms with Gasteiger partial charge in [-0.05, 0) is 55.7 Å². The maximum absolute atomic E-state index is 13.3. The van der Waals surface area contributed by atoms with Crippen LogP contribution in [-0.2, 0) is 0 Å². The molecule has 1 atom stereocenters. The molecule has 20 heavy (non-hydrogen) atoms. The molecule has 0 aliphatic heterocycles. The van der Waals surface area contributed by atoms with E-state index in [9.17, 15) is 4.39 Å². The van der Waals surface area contributed by atoms with Gasteiger partial charge in [0.1, 0.15) is 11.6 Å². The summed E-state index contributed by atoms with van der Waals surface area (Å²) in [4.78, 5) is 0.0508. The highest BCUT2D eigenvalue weighted by Crippen LogP contribution is 2.32. The second kappa shape index (κ2) is 6.40. The first kappa shape index (κ1) is 15.0. The minimum absolute atomic E-state index is 0.0508. The molecule has 0 spiro atoms. The smallest absolute Gasteiger partial charge is 0.126 e. The lowest BCUT2D eigenvalue weighted by Crippen LogP contribution is -2.05. The molecule has 0 aliphatic carbocycles. The number of halogens is 2. The number of hydrogen-bond acceptors (Lipinski definition) is 1. The lowest BCUT2D eigenvalue weighted by atomic mass is 10.0. The second-order valence-corrected chi connectivity index (χ2v) is 6.02. The van der Waals surface area contributed by atoms with Crippen LogP contribution in [0.25, 0.3) is 0 Å². The Kier molecular flexibility index (Phi) is 4.81. The van der Waals surface area contributed by atoms with E-state index in [1.165, 1.54) is 6.07 Å². The highest BCUT2D eigenvalue weighted by molar-refractivity contribution is 9.09. The van der Waals surface area contributed by atoms with Crippen LogP contribution in [0.2, 0.25) is 0 Å². The van der Waals surface area contributed by atoms with Gasteiger partial charge >= 0.3 is 0 Å². The molecule has 106 valence electrons. The first-order valence-electron chi connectivity index (χ1n) is 6.64. The van der Waals surface area contributed by atoms with Gasteiger partial charge in [0, 0.05) is 0 Å². The number of benzene rings is 2. The summed E-state index contributed by atoms with van der Waals surface area (Å²) in [6.45, 7) is 5.78. The third kappa shape index (κ3) is 3.60. The molecule has 0 N–H and O–H groups in total. The van der Waals surface area contributed by atoms with Crippen molar-refractivity contribution in [1.29, 1.82) is 0 Å². The van der Waals surface area contributed by atoms with Gasteiger partial charge in [-0.25, -0.2) is 4.39 Å². The Labute approximate surface area is 127 Å². The highest BCUT2D eigenvalue weighted by atomic mass is 79.9. The molecular weight excluding hydrogens is 319 g/mol. The average Bonchev–Trinajstić information content (AvgIpc) is 2.41. The Hall–Kier alpha value is -1.35. The van der Waals surface area contributed by atoms with E-state index < -0.39 is 0 Å². The quantitative estimate of drug-likeness (QED) is 0.678. The molecule has 2 rings (SSSR count). The molecule has 1 nitrogen and oxygen atoms in total. The predicted molar refractivity (Wildman–Crippen MR) is 84.1 cm³/mol. The molecule has 1 unspecified atom stereocenters. The van der Waals surface area contributed by atoms with Crippen LogP contribution in [0.3, 0.4) is 0 Å². The van der Waals surface area contributed by atoms with Crippen molar-refractivity contribution in [1.82, 2.24) is 0 Å². The highest BCUT2D eigenvalue weighted by Gasteiger charge is 2.12. The van der Waals surface area contributed by atoms with Crippen LogP contribution in [-0.4, -0.2) is 6.10 Å². The largest absolute Gasteiger partial charge is 0.491 e. The van der Waals surface area contributed by atoms with Gasteiger partial charge in [0.05, 0.1) is 10.9 Å². The Balaban J connectivity index is 2.20. The Morgan fingerprint density at radius 2 is 1.60 bits per heavy atom. The fourth-order valence-corrected chi connectivity index (χ4v) is 2.60. The molecule has 0 bridgehead atoms. The van der Waals surface area contributed by atoms with Gasteiger partial charge in [-0.1, -0.05) is 40.2 Å². The van der Waals surface area contributed by atoms with Crippen molar-refractivity contribution in [2.45, 2.75) is 31.7 Å². The molecule has 2 aromatic rings. The van der Waals surface area contributed by atoms with Crippen molar-refractivity contribution >= 4 is 15.9 Å². The van der Waals surface area contributed by atoms with Crippen LogP contribution < -0.4 is 4.74 Å². The zero-order valence-corrected chi connectivity index (χ0v) is 13.4. The van der Waals surface area contributed by atoms with Crippen molar-refractivity contribution in [3.8, 4) is 5.75 Å². The summed E-state index contributed by atoms with van der Waals surface area (Å²) in [6, 6.07) is 13.1. The number of hydrogen-bond donors (Lipinski definition) is 0. The van der Waals surface area contributed by atoms with E-state index in [2.05, 4.69) is 15.9 Å². The number of rotatable bonds is 4. The van der Waals surface area contributed by atoms with Crippen molar-refractivity contribution in [2.24, 2.45) is 0 Å². The SMILES string of the molecule is Cc1cc(C(Br)c2ccc(OC(C)C)cc2)ccc1F. The summed E-state index contributed by atoms with van der Waals surface area (Å²) in [7, 11) is 0. The average molecular weight is 337 g/mol.